The van der Waals surface area contributed by atoms with E-state index in [0.29, 0.717) is 22.3 Å². The van der Waals surface area contributed by atoms with Crippen molar-refractivity contribution < 1.29 is 0 Å². The van der Waals surface area contributed by atoms with Crippen LogP contribution in [0.2, 0.25) is 0 Å². The summed E-state index contributed by atoms with van der Waals surface area (Å²) in [7, 11) is 0. The second-order valence-electron chi connectivity index (χ2n) is 4.19. The maximum atomic E-state index is 11.3. The Morgan fingerprint density at radius 3 is 2.88 bits per heavy atom. The van der Waals surface area contributed by atoms with Crippen molar-refractivity contribution in [2.75, 3.05) is 5.32 Å². The Hall–Kier alpha value is -0.840. The Morgan fingerprint density at radius 2 is 2.25 bits per heavy atom. The van der Waals surface area contributed by atoms with E-state index < -0.39 is 0 Å². The van der Waals surface area contributed by atoms with Gasteiger partial charge in [0.15, 0.2) is 0 Å². The molecule has 2 N–H and O–H groups in total. The molecule has 0 aromatic carbocycles. The maximum Gasteiger partial charge on any atom is 0.267 e. The van der Waals surface area contributed by atoms with E-state index >= 15 is 0 Å². The summed E-state index contributed by atoms with van der Waals surface area (Å²) in [6, 6.07) is 0.306. The minimum absolute atomic E-state index is 0.159. The molecule has 1 aromatic heterocycles. The third-order valence-corrected chi connectivity index (χ3v) is 3.37. The molecule has 0 amide bonds. The molecule has 0 radical (unpaired) electrons. The molecule has 4 nitrogen and oxygen atoms in total. The van der Waals surface area contributed by atoms with E-state index in [-0.39, 0.29) is 5.56 Å². The number of nitrogens with zero attached hydrogens (tertiary/aromatic N) is 1. The number of hydrogen-bond acceptors (Lipinski definition) is 3. The van der Waals surface area contributed by atoms with Gasteiger partial charge < -0.3 is 10.3 Å². The van der Waals surface area contributed by atoms with Gasteiger partial charge in [-0.25, -0.2) is 4.98 Å². The van der Waals surface area contributed by atoms with Gasteiger partial charge in [-0.05, 0) is 35.2 Å². The van der Waals surface area contributed by atoms with Gasteiger partial charge in [0, 0.05) is 6.04 Å². The van der Waals surface area contributed by atoms with Crippen LogP contribution >= 0.6 is 15.9 Å². The minimum atomic E-state index is -0.159. The average molecular weight is 288 g/mol. The zero-order valence-electron chi connectivity index (χ0n) is 9.88. The van der Waals surface area contributed by atoms with Crippen LogP contribution in [-0.4, -0.2) is 16.0 Å². The minimum Gasteiger partial charge on any atom is -0.366 e. The predicted molar refractivity (Wildman–Crippen MR) is 69.7 cm³/mol. The van der Waals surface area contributed by atoms with Gasteiger partial charge in [-0.15, -0.1) is 0 Å². The van der Waals surface area contributed by atoms with E-state index in [1.54, 1.807) is 0 Å². The summed E-state index contributed by atoms with van der Waals surface area (Å²) in [6.45, 7) is 6.50. The average Bonchev–Trinajstić information content (AvgIpc) is 2.24. The third-order valence-electron chi connectivity index (χ3n) is 2.63. The maximum absolute atomic E-state index is 11.3. The zero-order chi connectivity index (χ0) is 12.1. The second kappa shape index (κ2) is 6.03. The van der Waals surface area contributed by atoms with Gasteiger partial charge in [0.25, 0.3) is 5.56 Å². The van der Waals surface area contributed by atoms with E-state index in [0.717, 1.165) is 12.8 Å². The van der Waals surface area contributed by atoms with E-state index in [1.165, 1.54) is 6.33 Å². The highest BCUT2D eigenvalue weighted by Crippen LogP contribution is 2.17. The van der Waals surface area contributed by atoms with Crippen LogP contribution in [0.1, 0.15) is 33.6 Å². The first-order valence-corrected chi connectivity index (χ1v) is 6.33. The second-order valence-corrected chi connectivity index (χ2v) is 4.98. The van der Waals surface area contributed by atoms with Crippen LogP contribution in [0.5, 0.6) is 0 Å². The molecule has 0 fully saturated rings. The van der Waals surface area contributed by atoms with Crippen LogP contribution in [0.3, 0.4) is 0 Å². The van der Waals surface area contributed by atoms with Crippen molar-refractivity contribution in [2.24, 2.45) is 5.92 Å². The van der Waals surface area contributed by atoms with Crippen molar-refractivity contribution in [1.82, 2.24) is 9.97 Å². The van der Waals surface area contributed by atoms with Crippen LogP contribution in [0.4, 0.5) is 5.82 Å². The molecule has 2 atom stereocenters. The number of anilines is 1. The number of H-pyrrole nitrogens is 1. The van der Waals surface area contributed by atoms with Crippen LogP contribution < -0.4 is 10.9 Å². The van der Waals surface area contributed by atoms with Gasteiger partial charge in [-0.2, -0.15) is 0 Å². The van der Waals surface area contributed by atoms with Gasteiger partial charge in [0.2, 0.25) is 0 Å². The first-order chi connectivity index (χ1) is 7.54. The van der Waals surface area contributed by atoms with Gasteiger partial charge in [0.05, 0.1) is 6.33 Å². The molecule has 1 heterocycles. The Morgan fingerprint density at radius 1 is 1.56 bits per heavy atom. The lowest BCUT2D eigenvalue weighted by atomic mass is 10.0. The molecule has 16 heavy (non-hydrogen) atoms. The van der Waals surface area contributed by atoms with Crippen molar-refractivity contribution in [3.63, 3.8) is 0 Å². The molecule has 1 rings (SSSR count). The molecular formula is C11H18BrN3O. The van der Waals surface area contributed by atoms with Gasteiger partial charge in [-0.3, -0.25) is 4.79 Å². The fourth-order valence-corrected chi connectivity index (χ4v) is 1.88. The summed E-state index contributed by atoms with van der Waals surface area (Å²) in [5.74, 6) is 1.28. The van der Waals surface area contributed by atoms with Gasteiger partial charge in [-0.1, -0.05) is 20.3 Å². The van der Waals surface area contributed by atoms with E-state index in [1.807, 2.05) is 0 Å². The monoisotopic (exact) mass is 287 g/mol. The standard InChI is InChI=1S/C11H18BrN3O/c1-4-7(2)5-8(3)15-10-9(12)11(16)14-6-13-10/h6-8H,4-5H2,1-3H3,(H2,13,14,15,16). The summed E-state index contributed by atoms with van der Waals surface area (Å²) < 4.78 is 0.464. The fraction of sp³-hybridized carbons (Fsp3) is 0.636. The van der Waals surface area contributed by atoms with Crippen LogP contribution in [0.15, 0.2) is 15.6 Å². The van der Waals surface area contributed by atoms with Crippen LogP contribution in [-0.2, 0) is 0 Å². The summed E-state index contributed by atoms with van der Waals surface area (Å²) in [5.41, 5.74) is -0.159. The van der Waals surface area contributed by atoms with Crippen molar-refractivity contribution >= 4 is 21.7 Å². The number of halogens is 1. The summed E-state index contributed by atoms with van der Waals surface area (Å²) in [4.78, 5) is 17.9. The molecule has 0 aliphatic carbocycles. The number of aromatic amines is 1. The number of nitrogens with one attached hydrogen (secondary N) is 2. The Kier molecular flexibility index (Phi) is 4.99. The molecule has 0 aliphatic heterocycles. The molecule has 90 valence electrons. The quantitative estimate of drug-likeness (QED) is 0.876. The topological polar surface area (TPSA) is 57.8 Å². The third kappa shape index (κ3) is 3.63. The molecule has 1 aromatic rings. The van der Waals surface area contributed by atoms with Crippen LogP contribution in [0, 0.1) is 5.92 Å². The lowest BCUT2D eigenvalue weighted by Gasteiger charge is -2.18. The van der Waals surface area contributed by atoms with Crippen molar-refractivity contribution in [1.29, 1.82) is 0 Å². The first-order valence-electron chi connectivity index (χ1n) is 5.54. The summed E-state index contributed by atoms with van der Waals surface area (Å²) in [5, 5.41) is 3.24. The molecule has 5 heteroatoms. The fourth-order valence-electron chi connectivity index (χ4n) is 1.55. The lowest BCUT2D eigenvalue weighted by Crippen LogP contribution is -2.21. The largest absolute Gasteiger partial charge is 0.366 e. The van der Waals surface area contributed by atoms with Crippen molar-refractivity contribution in [3.05, 3.63) is 21.2 Å². The van der Waals surface area contributed by atoms with E-state index in [4.69, 9.17) is 0 Å². The number of aromatic nitrogens is 2. The molecule has 0 aliphatic rings. The summed E-state index contributed by atoms with van der Waals surface area (Å²) >= 11 is 3.22. The SMILES string of the molecule is CCC(C)CC(C)Nc1nc[nH]c(=O)c1Br. The predicted octanol–water partition coefficient (Wildman–Crippen LogP) is 2.77. The molecule has 0 saturated heterocycles. The Balaban J connectivity index is 2.66. The molecule has 2 unspecified atom stereocenters. The molecular weight excluding hydrogens is 270 g/mol. The van der Waals surface area contributed by atoms with Crippen molar-refractivity contribution in [3.8, 4) is 0 Å². The normalized spacial score (nSPS) is 14.5. The Labute approximate surface area is 104 Å². The number of rotatable bonds is 5. The van der Waals surface area contributed by atoms with Gasteiger partial charge in [0.1, 0.15) is 10.3 Å². The first kappa shape index (κ1) is 13.2. The molecule has 0 spiro atoms. The highest BCUT2D eigenvalue weighted by atomic mass is 79.9. The van der Waals surface area contributed by atoms with E-state index in [2.05, 4.69) is 52.0 Å². The highest BCUT2D eigenvalue weighted by Gasteiger charge is 2.10. The lowest BCUT2D eigenvalue weighted by molar-refractivity contribution is 0.483. The highest BCUT2D eigenvalue weighted by molar-refractivity contribution is 9.10. The summed E-state index contributed by atoms with van der Waals surface area (Å²) in [6.07, 6.45) is 3.64. The van der Waals surface area contributed by atoms with E-state index in [9.17, 15) is 4.79 Å². The molecule has 0 saturated carbocycles. The zero-order valence-corrected chi connectivity index (χ0v) is 11.5. The smallest absolute Gasteiger partial charge is 0.267 e. The Bertz CT molecular complexity index is 391. The van der Waals surface area contributed by atoms with Crippen molar-refractivity contribution in [2.45, 2.75) is 39.7 Å². The molecule has 0 bridgehead atoms. The van der Waals surface area contributed by atoms with Gasteiger partial charge >= 0.3 is 0 Å². The number of hydrogen-bond donors (Lipinski definition) is 2. The van der Waals surface area contributed by atoms with Crippen LogP contribution in [0.25, 0.3) is 0 Å².